The molecule has 2 aliphatic heterocycles. The van der Waals surface area contributed by atoms with Crippen molar-refractivity contribution in [3.63, 3.8) is 0 Å². The Morgan fingerprint density at radius 3 is 2.49 bits per heavy atom. The molecule has 0 atom stereocenters. The number of amides is 3. The number of carbonyl (C=O) groups excluding carboxylic acids is 3. The lowest BCUT2D eigenvalue weighted by molar-refractivity contribution is 0.0655. The number of aromatic amines is 1. The predicted molar refractivity (Wildman–Crippen MR) is 141 cm³/mol. The smallest absolute Gasteiger partial charge is 0.261 e. The van der Waals surface area contributed by atoms with Crippen LogP contribution in [0, 0.1) is 6.92 Å². The molecular formula is C30H28N4O3. The van der Waals surface area contributed by atoms with E-state index in [9.17, 15) is 14.4 Å². The molecule has 1 fully saturated rings. The van der Waals surface area contributed by atoms with E-state index in [1.54, 1.807) is 18.2 Å². The third-order valence-corrected chi connectivity index (χ3v) is 7.51. The molecule has 1 saturated heterocycles. The van der Waals surface area contributed by atoms with Gasteiger partial charge in [-0.25, -0.2) is 4.98 Å². The van der Waals surface area contributed by atoms with Crippen molar-refractivity contribution in [2.75, 3.05) is 19.6 Å². The van der Waals surface area contributed by atoms with E-state index in [-0.39, 0.29) is 23.6 Å². The van der Waals surface area contributed by atoms with E-state index in [4.69, 9.17) is 4.98 Å². The van der Waals surface area contributed by atoms with Gasteiger partial charge in [0.05, 0.1) is 22.2 Å². The van der Waals surface area contributed by atoms with Crippen LogP contribution < -0.4 is 0 Å². The summed E-state index contributed by atoms with van der Waals surface area (Å²) in [5.74, 6) is 0.518. The zero-order valence-electron chi connectivity index (χ0n) is 20.7. The number of hydrogen-bond donors (Lipinski definition) is 1. The first-order valence-electron chi connectivity index (χ1n) is 12.8. The summed E-state index contributed by atoms with van der Waals surface area (Å²) >= 11 is 0. The Bertz CT molecular complexity index is 1520. The summed E-state index contributed by atoms with van der Waals surface area (Å²) in [6, 6.07) is 20.9. The van der Waals surface area contributed by atoms with Crippen molar-refractivity contribution in [3.8, 4) is 0 Å². The molecule has 6 rings (SSSR count). The average molecular weight is 493 g/mol. The number of aromatic nitrogens is 2. The number of nitrogens with one attached hydrogen (secondary N) is 1. The number of benzene rings is 3. The molecule has 7 heteroatoms. The fourth-order valence-electron chi connectivity index (χ4n) is 5.39. The maximum Gasteiger partial charge on any atom is 0.261 e. The zero-order chi connectivity index (χ0) is 25.5. The summed E-state index contributed by atoms with van der Waals surface area (Å²) in [4.78, 5) is 50.5. The molecule has 0 spiro atoms. The monoisotopic (exact) mass is 492 g/mol. The Balaban J connectivity index is 1.12. The van der Waals surface area contributed by atoms with E-state index >= 15 is 0 Å². The average Bonchev–Trinajstić information content (AvgIpc) is 3.45. The molecule has 3 aromatic carbocycles. The minimum atomic E-state index is -0.329. The third-order valence-electron chi connectivity index (χ3n) is 7.51. The van der Waals surface area contributed by atoms with Crippen LogP contribution in [0.25, 0.3) is 11.0 Å². The highest BCUT2D eigenvalue weighted by atomic mass is 16.2. The first kappa shape index (κ1) is 23.2. The number of H-pyrrole nitrogens is 1. The molecule has 186 valence electrons. The zero-order valence-corrected chi connectivity index (χ0v) is 20.7. The van der Waals surface area contributed by atoms with Gasteiger partial charge in [0.15, 0.2) is 0 Å². The number of aryl methyl sites for hydroxylation is 1. The molecule has 0 radical (unpaired) electrons. The number of piperidine rings is 1. The number of nitrogens with zero attached hydrogens (tertiary/aromatic N) is 3. The molecule has 3 amide bonds. The summed E-state index contributed by atoms with van der Waals surface area (Å²) < 4.78 is 0. The normalized spacial score (nSPS) is 16.0. The van der Waals surface area contributed by atoms with Crippen molar-refractivity contribution >= 4 is 28.8 Å². The number of likely N-dealkylation sites (tertiary alicyclic amines) is 1. The van der Waals surface area contributed by atoms with Gasteiger partial charge in [-0.2, -0.15) is 0 Å². The van der Waals surface area contributed by atoms with Crippen LogP contribution >= 0.6 is 0 Å². The second-order valence-corrected chi connectivity index (χ2v) is 9.97. The number of hydrogen-bond acceptors (Lipinski definition) is 4. The van der Waals surface area contributed by atoms with E-state index in [1.807, 2.05) is 41.3 Å². The topological polar surface area (TPSA) is 86.4 Å². The van der Waals surface area contributed by atoms with Gasteiger partial charge in [0.2, 0.25) is 0 Å². The lowest BCUT2D eigenvalue weighted by atomic mass is 9.95. The Labute approximate surface area is 215 Å². The summed E-state index contributed by atoms with van der Waals surface area (Å²) in [5, 5.41) is 0. The van der Waals surface area contributed by atoms with Crippen LogP contribution in [0.15, 0.2) is 66.7 Å². The van der Waals surface area contributed by atoms with E-state index in [2.05, 4.69) is 24.0 Å². The lowest BCUT2D eigenvalue weighted by Crippen LogP contribution is -2.38. The van der Waals surface area contributed by atoms with Crippen LogP contribution in [-0.4, -0.2) is 57.1 Å². The van der Waals surface area contributed by atoms with Crippen LogP contribution in [0.2, 0.25) is 0 Å². The standard InChI is InChI=1S/C30H28N4O3/c1-19-7-10-25-26(17-19)32-27(31-25)21-12-14-33(15-13-21)28(35)22-8-9-23-24(18-22)30(37)34(29(23)36)16-11-20-5-3-2-4-6-20/h2-10,17-18,21H,11-16H2,1H3,(H,31,32). The maximum atomic E-state index is 13.3. The number of carbonyl (C=O) groups is 3. The van der Waals surface area contributed by atoms with Gasteiger partial charge in [0.25, 0.3) is 17.7 Å². The molecule has 7 nitrogen and oxygen atoms in total. The van der Waals surface area contributed by atoms with Crippen molar-refractivity contribution in [1.29, 1.82) is 0 Å². The highest BCUT2D eigenvalue weighted by Gasteiger charge is 2.36. The number of fused-ring (bicyclic) bond motifs is 2. The van der Waals surface area contributed by atoms with Gasteiger partial charge in [-0.05, 0) is 67.6 Å². The summed E-state index contributed by atoms with van der Waals surface area (Å²) in [6.45, 7) is 3.61. The minimum absolute atomic E-state index is 0.107. The maximum absolute atomic E-state index is 13.3. The van der Waals surface area contributed by atoms with E-state index < -0.39 is 0 Å². The van der Waals surface area contributed by atoms with Crippen molar-refractivity contribution in [3.05, 3.63) is 100 Å². The molecule has 2 aliphatic rings. The molecule has 1 N–H and O–H groups in total. The SMILES string of the molecule is Cc1ccc2nc(C3CCN(C(=O)c4ccc5c(c4)C(=O)N(CCc4ccccc4)C5=O)CC3)[nH]c2c1. The minimum Gasteiger partial charge on any atom is -0.342 e. The Morgan fingerprint density at radius 1 is 0.946 bits per heavy atom. The molecule has 1 aromatic heterocycles. The third kappa shape index (κ3) is 4.31. The van der Waals surface area contributed by atoms with Crippen LogP contribution in [-0.2, 0) is 6.42 Å². The lowest BCUT2D eigenvalue weighted by Gasteiger charge is -2.31. The van der Waals surface area contributed by atoms with Crippen LogP contribution in [0.4, 0.5) is 0 Å². The fraction of sp³-hybridized carbons (Fsp3) is 0.267. The predicted octanol–water partition coefficient (Wildman–Crippen LogP) is 4.73. The van der Waals surface area contributed by atoms with E-state index in [0.717, 1.165) is 35.3 Å². The molecule has 0 unspecified atom stereocenters. The van der Waals surface area contributed by atoms with E-state index in [0.29, 0.717) is 42.7 Å². The Morgan fingerprint density at radius 2 is 1.70 bits per heavy atom. The molecule has 37 heavy (non-hydrogen) atoms. The Hall–Kier alpha value is -4.26. The molecule has 0 saturated carbocycles. The van der Waals surface area contributed by atoms with Crippen molar-refractivity contribution in [2.45, 2.75) is 32.1 Å². The van der Waals surface area contributed by atoms with Gasteiger partial charge in [-0.3, -0.25) is 19.3 Å². The highest BCUT2D eigenvalue weighted by Crippen LogP contribution is 2.30. The van der Waals surface area contributed by atoms with Gasteiger partial charge in [0, 0.05) is 31.1 Å². The quantitative estimate of drug-likeness (QED) is 0.408. The van der Waals surface area contributed by atoms with Gasteiger partial charge in [-0.15, -0.1) is 0 Å². The number of rotatable bonds is 5. The fourth-order valence-corrected chi connectivity index (χ4v) is 5.39. The second kappa shape index (κ2) is 9.32. The molecule has 4 aromatic rings. The van der Waals surface area contributed by atoms with Crippen LogP contribution in [0.3, 0.4) is 0 Å². The molecule has 0 bridgehead atoms. The van der Waals surface area contributed by atoms with Crippen molar-refractivity contribution in [1.82, 2.24) is 19.8 Å². The van der Waals surface area contributed by atoms with E-state index in [1.165, 1.54) is 10.5 Å². The van der Waals surface area contributed by atoms with Gasteiger partial charge in [0.1, 0.15) is 5.82 Å². The van der Waals surface area contributed by atoms with Crippen LogP contribution in [0.5, 0.6) is 0 Å². The van der Waals surface area contributed by atoms with Crippen molar-refractivity contribution in [2.24, 2.45) is 0 Å². The second-order valence-electron chi connectivity index (χ2n) is 9.97. The van der Waals surface area contributed by atoms with Gasteiger partial charge in [-0.1, -0.05) is 36.4 Å². The van der Waals surface area contributed by atoms with Crippen molar-refractivity contribution < 1.29 is 14.4 Å². The summed E-state index contributed by atoms with van der Waals surface area (Å²) in [5.41, 5.74) is 5.40. The molecule has 0 aliphatic carbocycles. The summed E-state index contributed by atoms with van der Waals surface area (Å²) in [6.07, 6.45) is 2.23. The molecular weight excluding hydrogens is 464 g/mol. The number of imidazole rings is 1. The van der Waals surface area contributed by atoms with Gasteiger partial charge < -0.3 is 9.88 Å². The highest BCUT2D eigenvalue weighted by molar-refractivity contribution is 6.22. The largest absolute Gasteiger partial charge is 0.342 e. The van der Waals surface area contributed by atoms with Gasteiger partial charge >= 0.3 is 0 Å². The Kier molecular flexibility index (Phi) is 5.83. The first-order valence-corrected chi connectivity index (χ1v) is 12.8. The number of imide groups is 1. The molecule has 3 heterocycles. The first-order chi connectivity index (χ1) is 18.0. The van der Waals surface area contributed by atoms with Crippen LogP contribution in [0.1, 0.15) is 66.8 Å². The summed E-state index contributed by atoms with van der Waals surface area (Å²) in [7, 11) is 0.